The highest BCUT2D eigenvalue weighted by molar-refractivity contribution is 5.96. The fourth-order valence-electron chi connectivity index (χ4n) is 3.17. The average Bonchev–Trinajstić information content (AvgIpc) is 2.92. The molecule has 0 saturated carbocycles. The first-order chi connectivity index (χ1) is 14.5. The first-order valence-electron chi connectivity index (χ1n) is 9.23. The highest BCUT2D eigenvalue weighted by Crippen LogP contribution is 2.34. The van der Waals surface area contributed by atoms with Crippen molar-refractivity contribution in [2.45, 2.75) is 6.42 Å². The molecular weight excluding hydrogens is 386 g/mol. The molecule has 0 atom stereocenters. The predicted octanol–water partition coefficient (Wildman–Crippen LogP) is 3.41. The summed E-state index contributed by atoms with van der Waals surface area (Å²) in [7, 11) is 1.46. The minimum absolute atomic E-state index is 0.107. The van der Waals surface area contributed by atoms with Gasteiger partial charge in [-0.25, -0.2) is 9.78 Å². The van der Waals surface area contributed by atoms with Gasteiger partial charge in [-0.05, 0) is 30.3 Å². The van der Waals surface area contributed by atoms with E-state index in [4.69, 9.17) is 9.84 Å². The van der Waals surface area contributed by atoms with Crippen molar-refractivity contribution in [3.05, 3.63) is 60.3 Å². The lowest BCUT2D eigenvalue weighted by Crippen LogP contribution is -2.20. The van der Waals surface area contributed by atoms with E-state index in [1.807, 2.05) is 35.2 Å². The van der Waals surface area contributed by atoms with Crippen molar-refractivity contribution < 1.29 is 19.4 Å². The lowest BCUT2D eigenvalue weighted by molar-refractivity contribution is -0.115. The van der Waals surface area contributed by atoms with Crippen molar-refractivity contribution in [1.29, 1.82) is 0 Å². The van der Waals surface area contributed by atoms with Crippen LogP contribution in [0.3, 0.4) is 0 Å². The number of methoxy groups -OCH3 is 1. The molecule has 0 fully saturated rings. The third-order valence-electron chi connectivity index (χ3n) is 4.62. The topological polar surface area (TPSA) is 117 Å². The van der Waals surface area contributed by atoms with Gasteiger partial charge in [0.1, 0.15) is 11.4 Å². The number of benzene rings is 2. The van der Waals surface area contributed by atoms with Gasteiger partial charge in [-0.1, -0.05) is 18.2 Å². The van der Waals surface area contributed by atoms with Gasteiger partial charge in [0.2, 0.25) is 11.9 Å². The van der Waals surface area contributed by atoms with Gasteiger partial charge in [0.15, 0.2) is 5.82 Å². The molecular formula is C21H19N5O4. The van der Waals surface area contributed by atoms with Gasteiger partial charge in [-0.3, -0.25) is 4.79 Å². The number of rotatable bonds is 5. The number of nitrogens with zero attached hydrogens (tertiary/aromatic N) is 3. The number of aromatic nitrogens is 2. The molecule has 4 rings (SSSR count). The zero-order valence-electron chi connectivity index (χ0n) is 16.1. The largest absolute Gasteiger partial charge is 0.495 e. The van der Waals surface area contributed by atoms with Crippen LogP contribution in [0.2, 0.25) is 0 Å². The smallest absolute Gasteiger partial charge is 0.335 e. The second kappa shape index (κ2) is 8.08. The SMILES string of the molecule is COc1cc(C(=O)O)ccc1Nc1ncc2c(n1)N(c1ccccc1)CCC(=O)N2. The Morgan fingerprint density at radius 1 is 1.23 bits per heavy atom. The maximum absolute atomic E-state index is 12.1. The second-order valence-electron chi connectivity index (χ2n) is 6.56. The molecule has 9 nitrogen and oxygen atoms in total. The Morgan fingerprint density at radius 2 is 2.03 bits per heavy atom. The van der Waals surface area contributed by atoms with Crippen LogP contribution < -0.4 is 20.3 Å². The van der Waals surface area contributed by atoms with Crippen LogP contribution in [-0.4, -0.2) is 40.6 Å². The van der Waals surface area contributed by atoms with E-state index in [0.717, 1.165) is 5.69 Å². The summed E-state index contributed by atoms with van der Waals surface area (Å²) in [6.07, 6.45) is 1.86. The number of hydrogen-bond acceptors (Lipinski definition) is 7. The monoisotopic (exact) mass is 405 g/mol. The Bertz CT molecular complexity index is 1100. The number of carbonyl (C=O) groups excluding carboxylic acids is 1. The summed E-state index contributed by atoms with van der Waals surface area (Å²) in [5.74, 6) is 0.0415. The van der Waals surface area contributed by atoms with E-state index in [0.29, 0.717) is 35.9 Å². The Labute approximate surface area is 172 Å². The Kier molecular flexibility index (Phi) is 5.17. The summed E-state index contributed by atoms with van der Waals surface area (Å²) < 4.78 is 5.30. The minimum atomic E-state index is -1.05. The number of aromatic carboxylic acids is 1. The van der Waals surface area contributed by atoms with E-state index in [1.165, 1.54) is 19.2 Å². The average molecular weight is 405 g/mol. The van der Waals surface area contributed by atoms with Gasteiger partial charge < -0.3 is 25.4 Å². The second-order valence-corrected chi connectivity index (χ2v) is 6.56. The molecule has 0 aliphatic carbocycles. The quantitative estimate of drug-likeness (QED) is 0.591. The molecule has 1 aliphatic heterocycles. The van der Waals surface area contributed by atoms with Crippen LogP contribution in [0.5, 0.6) is 5.75 Å². The van der Waals surface area contributed by atoms with Gasteiger partial charge in [0.05, 0.1) is 24.6 Å². The van der Waals surface area contributed by atoms with Gasteiger partial charge in [0.25, 0.3) is 0 Å². The number of carbonyl (C=O) groups is 2. The third kappa shape index (κ3) is 3.86. The standard InChI is InChI=1S/C21H19N5O4/c1-30-17-11-13(20(28)29)7-8-15(17)24-21-22-12-16-19(25-21)26(10-9-18(27)23-16)14-5-3-2-4-6-14/h2-8,11-12H,9-10H2,1H3,(H,23,27)(H,28,29)(H,22,24,25). The first kappa shape index (κ1) is 19.2. The lowest BCUT2D eigenvalue weighted by atomic mass is 10.2. The molecule has 152 valence electrons. The lowest BCUT2D eigenvalue weighted by Gasteiger charge is -2.23. The zero-order chi connectivity index (χ0) is 21.1. The van der Waals surface area contributed by atoms with Crippen molar-refractivity contribution >= 4 is 40.7 Å². The number of anilines is 5. The van der Waals surface area contributed by atoms with E-state index in [2.05, 4.69) is 20.6 Å². The normalized spacial score (nSPS) is 13.1. The highest BCUT2D eigenvalue weighted by Gasteiger charge is 2.23. The number of para-hydroxylation sites is 1. The fourth-order valence-corrected chi connectivity index (χ4v) is 3.17. The van der Waals surface area contributed by atoms with Crippen LogP contribution in [0.25, 0.3) is 0 Å². The third-order valence-corrected chi connectivity index (χ3v) is 4.62. The van der Waals surface area contributed by atoms with E-state index < -0.39 is 5.97 Å². The first-order valence-corrected chi connectivity index (χ1v) is 9.23. The summed E-state index contributed by atoms with van der Waals surface area (Å²) in [6.45, 7) is 0.468. The minimum Gasteiger partial charge on any atom is -0.495 e. The molecule has 1 aromatic heterocycles. The molecule has 3 N–H and O–H groups in total. The van der Waals surface area contributed by atoms with E-state index >= 15 is 0 Å². The molecule has 0 radical (unpaired) electrons. The maximum atomic E-state index is 12.1. The summed E-state index contributed by atoms with van der Waals surface area (Å²) >= 11 is 0. The summed E-state index contributed by atoms with van der Waals surface area (Å²) in [6, 6.07) is 14.1. The number of fused-ring (bicyclic) bond motifs is 1. The van der Waals surface area contributed by atoms with Crippen LogP contribution in [0.1, 0.15) is 16.8 Å². The van der Waals surface area contributed by atoms with Crippen LogP contribution in [-0.2, 0) is 4.79 Å². The number of ether oxygens (including phenoxy) is 1. The Balaban J connectivity index is 1.71. The molecule has 2 aromatic carbocycles. The molecule has 0 spiro atoms. The molecule has 1 aliphatic rings. The highest BCUT2D eigenvalue weighted by atomic mass is 16.5. The van der Waals surface area contributed by atoms with Gasteiger partial charge in [-0.2, -0.15) is 4.98 Å². The van der Waals surface area contributed by atoms with Gasteiger partial charge >= 0.3 is 5.97 Å². The number of amides is 1. The van der Waals surface area contributed by atoms with Crippen LogP contribution in [0.15, 0.2) is 54.7 Å². The molecule has 0 unspecified atom stereocenters. The van der Waals surface area contributed by atoms with Gasteiger partial charge in [-0.15, -0.1) is 0 Å². The number of carboxylic acids is 1. The van der Waals surface area contributed by atoms with Crippen molar-refractivity contribution in [3.63, 3.8) is 0 Å². The Hall–Kier alpha value is -4.14. The molecule has 1 amide bonds. The number of nitrogens with one attached hydrogen (secondary N) is 2. The zero-order valence-corrected chi connectivity index (χ0v) is 16.1. The van der Waals surface area contributed by atoms with Crippen molar-refractivity contribution in [1.82, 2.24) is 9.97 Å². The van der Waals surface area contributed by atoms with E-state index in [1.54, 1.807) is 12.3 Å². The van der Waals surface area contributed by atoms with Crippen LogP contribution >= 0.6 is 0 Å². The van der Waals surface area contributed by atoms with E-state index in [9.17, 15) is 9.59 Å². The van der Waals surface area contributed by atoms with Gasteiger partial charge in [0, 0.05) is 18.7 Å². The summed E-state index contributed by atoms with van der Waals surface area (Å²) in [5.41, 5.74) is 2.05. The van der Waals surface area contributed by atoms with Crippen LogP contribution in [0, 0.1) is 0 Å². The van der Waals surface area contributed by atoms with E-state index in [-0.39, 0.29) is 17.4 Å². The van der Waals surface area contributed by atoms with Crippen molar-refractivity contribution in [2.24, 2.45) is 0 Å². The predicted molar refractivity (Wildman–Crippen MR) is 112 cm³/mol. The summed E-state index contributed by atoms with van der Waals surface area (Å²) in [5, 5.41) is 15.1. The molecule has 0 bridgehead atoms. The number of carboxylic acid groups (broad SMARTS) is 1. The molecule has 30 heavy (non-hydrogen) atoms. The Morgan fingerprint density at radius 3 is 2.77 bits per heavy atom. The molecule has 3 aromatic rings. The van der Waals surface area contributed by atoms with Crippen molar-refractivity contribution in [3.8, 4) is 5.75 Å². The summed E-state index contributed by atoms with van der Waals surface area (Å²) in [4.78, 5) is 34.1. The maximum Gasteiger partial charge on any atom is 0.335 e. The number of hydrogen-bond donors (Lipinski definition) is 3. The molecule has 2 heterocycles. The fraction of sp³-hybridized carbons (Fsp3) is 0.143. The van der Waals surface area contributed by atoms with Crippen molar-refractivity contribution in [2.75, 3.05) is 29.2 Å². The molecule has 0 saturated heterocycles. The van der Waals surface area contributed by atoms with Crippen LogP contribution in [0.4, 0.5) is 28.8 Å². The molecule has 9 heteroatoms.